The number of aromatic hydroxyl groups is 1. The molecule has 2 aliphatic heterocycles. The second-order valence-electron chi connectivity index (χ2n) is 7.41. The number of rotatable bonds is 6. The molecule has 4 rings (SSSR count). The zero-order valence-corrected chi connectivity index (χ0v) is 18.9. The van der Waals surface area contributed by atoms with Crippen molar-refractivity contribution < 1.29 is 40.8 Å². The number of alkyl halides is 3. The lowest BCUT2D eigenvalue weighted by atomic mass is 10.1. The summed E-state index contributed by atoms with van der Waals surface area (Å²) in [5.41, 5.74) is -1.95. The number of nitrogens with zero attached hydrogens (tertiary/aromatic N) is 3. The monoisotopic (exact) mass is 532 g/mol. The average Bonchev–Trinajstić information content (AvgIpc) is 3.43. The summed E-state index contributed by atoms with van der Waals surface area (Å²) >= 11 is 6.29. The summed E-state index contributed by atoms with van der Waals surface area (Å²) in [4.78, 5) is 12.6. The number of phenolic OH excluding ortho intramolecular Hbond substituents is 1. The molecular weight excluding hydrogens is 517 g/mol. The number of ether oxygens (including phenoxy) is 1. The highest BCUT2D eigenvalue weighted by molar-refractivity contribution is 7.86. The van der Waals surface area contributed by atoms with Crippen LogP contribution in [0.2, 0.25) is 5.02 Å². The molecule has 0 aliphatic carbocycles. The lowest BCUT2D eigenvalue weighted by molar-refractivity contribution is -0.137. The van der Waals surface area contributed by atoms with Gasteiger partial charge in [-0.25, -0.2) is 5.01 Å². The molecule has 35 heavy (non-hydrogen) atoms. The van der Waals surface area contributed by atoms with Gasteiger partial charge in [0.15, 0.2) is 6.29 Å². The van der Waals surface area contributed by atoms with Crippen molar-refractivity contribution in [2.75, 3.05) is 4.90 Å². The predicted octanol–water partition coefficient (Wildman–Crippen LogP) is 2.84. The lowest BCUT2D eigenvalue weighted by Crippen LogP contribution is -2.42. The van der Waals surface area contributed by atoms with Gasteiger partial charge in [0.25, 0.3) is 0 Å². The van der Waals surface area contributed by atoms with Crippen molar-refractivity contribution in [2.45, 2.75) is 24.4 Å². The first kappa shape index (κ1) is 24.6. The largest absolute Gasteiger partial charge is 0.508 e. The van der Waals surface area contributed by atoms with E-state index < -0.39 is 33.6 Å². The van der Waals surface area contributed by atoms with Gasteiger partial charge in [-0.3, -0.25) is 9.35 Å². The molecule has 2 atom stereocenters. The van der Waals surface area contributed by atoms with Crippen molar-refractivity contribution in [1.82, 2.24) is 10.3 Å². The van der Waals surface area contributed by atoms with Crippen molar-refractivity contribution >= 4 is 39.6 Å². The Kier molecular flexibility index (Phi) is 6.29. The van der Waals surface area contributed by atoms with Crippen molar-refractivity contribution in [3.05, 3.63) is 70.5 Å². The van der Waals surface area contributed by atoms with E-state index in [1.54, 1.807) is 0 Å². The van der Waals surface area contributed by atoms with E-state index in [0.29, 0.717) is 6.29 Å². The Morgan fingerprint density at radius 2 is 1.91 bits per heavy atom. The maximum Gasteiger partial charge on any atom is 0.416 e. The summed E-state index contributed by atoms with van der Waals surface area (Å²) < 4.78 is 76.3. The van der Waals surface area contributed by atoms with Gasteiger partial charge < -0.3 is 20.1 Å². The zero-order valence-electron chi connectivity index (χ0n) is 17.3. The Bertz CT molecular complexity index is 1320. The highest BCUT2D eigenvalue weighted by Gasteiger charge is 2.34. The van der Waals surface area contributed by atoms with Crippen LogP contribution >= 0.6 is 11.6 Å². The number of carbonyl (C=O) groups excluding carboxylic acids is 1. The molecule has 15 heteroatoms. The molecule has 0 radical (unpaired) electrons. The number of benzene rings is 2. The molecule has 2 unspecified atom stereocenters. The molecule has 0 saturated heterocycles. The molecule has 186 valence electrons. The van der Waals surface area contributed by atoms with Crippen LogP contribution in [0.25, 0.3) is 0 Å². The van der Waals surface area contributed by atoms with Gasteiger partial charge in [0.1, 0.15) is 5.75 Å². The number of hydrogen-bond acceptors (Lipinski definition) is 9. The van der Waals surface area contributed by atoms with Crippen LogP contribution in [0.3, 0.4) is 0 Å². The van der Waals surface area contributed by atoms with Gasteiger partial charge in [-0.15, -0.1) is 5.10 Å². The van der Waals surface area contributed by atoms with Crippen LogP contribution in [-0.2, 0) is 32.4 Å². The Morgan fingerprint density at radius 1 is 1.23 bits per heavy atom. The van der Waals surface area contributed by atoms with E-state index in [-0.39, 0.29) is 40.0 Å². The zero-order chi connectivity index (χ0) is 25.5. The molecule has 3 N–H and O–H groups in total. The first-order valence-electron chi connectivity index (χ1n) is 9.72. The molecule has 2 aromatic carbocycles. The minimum Gasteiger partial charge on any atom is -0.508 e. The topological polar surface area (TPSA) is 132 Å². The fourth-order valence-corrected chi connectivity index (χ4v) is 4.42. The molecule has 2 aromatic rings. The second kappa shape index (κ2) is 8.94. The predicted molar refractivity (Wildman–Crippen MR) is 118 cm³/mol. The summed E-state index contributed by atoms with van der Waals surface area (Å²) in [7, 11) is -4.54. The number of carbonyl (C=O) groups is 1. The van der Waals surface area contributed by atoms with Crippen LogP contribution in [0.5, 0.6) is 5.75 Å². The highest BCUT2D eigenvalue weighted by Crippen LogP contribution is 2.37. The van der Waals surface area contributed by atoms with Crippen LogP contribution in [0.15, 0.2) is 53.9 Å². The average molecular weight is 533 g/mol. The Balaban J connectivity index is 1.58. The minimum absolute atomic E-state index is 0.00881. The summed E-state index contributed by atoms with van der Waals surface area (Å²) in [5.74, 6) is -0.427. The molecule has 0 saturated carbocycles. The summed E-state index contributed by atoms with van der Waals surface area (Å²) in [6, 6.07) is 6.49. The van der Waals surface area contributed by atoms with E-state index in [2.05, 4.69) is 10.4 Å². The van der Waals surface area contributed by atoms with E-state index in [1.165, 1.54) is 24.5 Å². The van der Waals surface area contributed by atoms with E-state index in [0.717, 1.165) is 34.2 Å². The van der Waals surface area contributed by atoms with Crippen LogP contribution < -0.4 is 10.2 Å². The Labute approximate surface area is 201 Å². The van der Waals surface area contributed by atoms with Crippen molar-refractivity contribution in [3.63, 3.8) is 0 Å². The number of aldehydes is 1. The SMILES string of the molecule is O=CC1OC(c2ccc(C(F)(F)F)cc2)=NN1Cc1cc(Cl)c(N2C=CNC2S(=O)(=O)O)cc1O. The van der Waals surface area contributed by atoms with E-state index in [9.17, 15) is 36.0 Å². The number of halogens is 4. The summed E-state index contributed by atoms with van der Waals surface area (Å²) in [6.45, 7) is -0.185. The van der Waals surface area contributed by atoms with Crippen LogP contribution in [0, 0.1) is 0 Å². The fraction of sp³-hybridized carbons (Fsp3) is 0.200. The standard InChI is InChI=1S/C20H16ClF3N4O6S/c21-14-7-12(16(30)8-15(14)27-6-5-25-19(27)35(31,32)33)9-28-17(10-29)34-18(26-28)11-1-3-13(4-2-11)20(22,23)24/h1-8,10,17,19,25,30H,9H2,(H,31,32,33). The van der Waals surface area contributed by atoms with Crippen LogP contribution in [-0.4, -0.2) is 47.0 Å². The number of hydrazone groups is 1. The van der Waals surface area contributed by atoms with Gasteiger partial charge >= 0.3 is 16.3 Å². The van der Waals surface area contributed by atoms with E-state index >= 15 is 0 Å². The van der Waals surface area contributed by atoms with Crippen molar-refractivity contribution in [3.8, 4) is 5.75 Å². The summed E-state index contributed by atoms with van der Waals surface area (Å²) in [6.07, 6.45) is -2.74. The van der Waals surface area contributed by atoms with E-state index in [4.69, 9.17) is 16.3 Å². The number of hydrogen-bond donors (Lipinski definition) is 3. The molecule has 0 aromatic heterocycles. The van der Waals surface area contributed by atoms with Crippen molar-refractivity contribution in [2.24, 2.45) is 5.10 Å². The number of anilines is 1. The molecular formula is C20H16ClF3N4O6S. The van der Waals surface area contributed by atoms with Gasteiger partial charge in [-0.2, -0.15) is 21.6 Å². The van der Waals surface area contributed by atoms with Gasteiger partial charge in [0, 0.05) is 29.6 Å². The molecule has 0 fully saturated rings. The van der Waals surface area contributed by atoms with Gasteiger partial charge in [0.05, 0.1) is 22.8 Å². The number of phenols is 1. The third-order valence-corrected chi connectivity index (χ3v) is 6.32. The molecule has 0 spiro atoms. The minimum atomic E-state index is -4.54. The number of nitrogens with one attached hydrogen (secondary N) is 1. The second-order valence-corrected chi connectivity index (χ2v) is 9.30. The van der Waals surface area contributed by atoms with Crippen molar-refractivity contribution in [1.29, 1.82) is 0 Å². The van der Waals surface area contributed by atoms with E-state index in [1.807, 2.05) is 0 Å². The quantitative estimate of drug-likeness (QED) is 0.379. The van der Waals surface area contributed by atoms with Crippen LogP contribution in [0.4, 0.5) is 18.9 Å². The first-order chi connectivity index (χ1) is 16.4. The third kappa shape index (κ3) is 4.99. The maximum absolute atomic E-state index is 12.8. The Hall–Kier alpha value is -3.49. The van der Waals surface area contributed by atoms with Crippen LogP contribution in [0.1, 0.15) is 16.7 Å². The highest BCUT2D eigenvalue weighted by atomic mass is 35.5. The van der Waals surface area contributed by atoms with Gasteiger partial charge in [0.2, 0.25) is 17.6 Å². The summed E-state index contributed by atoms with van der Waals surface area (Å²) in [5, 5.41) is 18.3. The molecule has 2 aliphatic rings. The smallest absolute Gasteiger partial charge is 0.416 e. The first-order valence-corrected chi connectivity index (χ1v) is 11.6. The normalized spacial score (nSPS) is 20.0. The molecule has 2 heterocycles. The Morgan fingerprint density at radius 3 is 2.51 bits per heavy atom. The molecule has 10 nitrogen and oxygen atoms in total. The fourth-order valence-electron chi connectivity index (χ4n) is 3.41. The van der Waals surface area contributed by atoms with Gasteiger partial charge in [-0.05, 0) is 30.3 Å². The maximum atomic E-state index is 12.8. The molecule has 0 amide bonds. The van der Waals surface area contributed by atoms with Gasteiger partial charge in [-0.1, -0.05) is 11.6 Å². The molecule has 0 bridgehead atoms. The third-order valence-electron chi connectivity index (χ3n) is 5.09. The lowest BCUT2D eigenvalue weighted by Gasteiger charge is -2.25.